The maximum Gasteiger partial charge on any atom is 0.494 e. The lowest BCUT2D eigenvalue weighted by Crippen LogP contribution is -2.44. The number of ether oxygens (including phenoxy) is 1. The molecule has 0 saturated carbocycles. The molecule has 148 valence electrons. The van der Waals surface area contributed by atoms with Crippen LogP contribution in [-0.4, -0.2) is 54.6 Å². The van der Waals surface area contributed by atoms with E-state index in [1.54, 1.807) is 6.92 Å². The van der Waals surface area contributed by atoms with Crippen molar-refractivity contribution in [2.45, 2.75) is 58.3 Å². The summed E-state index contributed by atoms with van der Waals surface area (Å²) in [7, 11) is -0.467. The molecular weight excluding hydrogens is 349 g/mol. The molecule has 27 heavy (non-hydrogen) atoms. The van der Waals surface area contributed by atoms with Crippen LogP contribution in [0.15, 0.2) is 24.3 Å². The number of hydrogen-bond acceptors (Lipinski definition) is 5. The van der Waals surface area contributed by atoms with Crippen molar-refractivity contribution in [1.82, 2.24) is 5.32 Å². The summed E-state index contributed by atoms with van der Waals surface area (Å²) in [5.74, 6) is -1.53. The summed E-state index contributed by atoms with van der Waals surface area (Å²) in [6.45, 7) is 9.97. The Balaban J connectivity index is 2.02. The largest absolute Gasteiger partial charge is 0.494 e. The molecule has 1 heterocycles. The van der Waals surface area contributed by atoms with Gasteiger partial charge in [0.25, 0.3) is 0 Å². The first-order chi connectivity index (χ1) is 12.6. The van der Waals surface area contributed by atoms with Crippen LogP contribution in [0.3, 0.4) is 0 Å². The number of aliphatic carboxylic acids is 1. The van der Waals surface area contributed by atoms with Crippen LogP contribution < -0.4 is 10.8 Å². The van der Waals surface area contributed by atoms with Gasteiger partial charge in [-0.1, -0.05) is 24.3 Å². The summed E-state index contributed by atoms with van der Waals surface area (Å²) in [4.78, 5) is 23.2. The molecule has 1 amide bonds. The van der Waals surface area contributed by atoms with E-state index >= 15 is 0 Å². The zero-order valence-corrected chi connectivity index (χ0v) is 16.6. The standard InChI is InChI=1S/C19H28BNO6/c1-6-25-12-16(22)21-15(17(23)24)11-13-7-9-14(10-8-13)20-26-18(2,3)19(4,5)27-20/h7-10,15H,6,11-12H2,1-5H3,(H,21,22)(H,23,24)/t15-/m0/s1. The van der Waals surface area contributed by atoms with Gasteiger partial charge >= 0.3 is 13.1 Å². The van der Waals surface area contributed by atoms with Gasteiger partial charge in [0.2, 0.25) is 5.91 Å². The second-order valence-corrected chi connectivity index (χ2v) is 7.63. The zero-order chi connectivity index (χ0) is 20.2. The molecule has 1 aliphatic rings. The SMILES string of the molecule is CCOCC(=O)N[C@@H](Cc1ccc(B2OC(C)(C)C(C)(C)O2)cc1)C(=O)O. The molecule has 0 aromatic heterocycles. The predicted octanol–water partition coefficient (Wildman–Crippen LogP) is 1.13. The van der Waals surface area contributed by atoms with Crippen LogP contribution in [0.2, 0.25) is 0 Å². The average molecular weight is 377 g/mol. The van der Waals surface area contributed by atoms with E-state index in [0.717, 1.165) is 11.0 Å². The molecule has 0 radical (unpaired) electrons. The van der Waals surface area contributed by atoms with Crippen LogP contribution in [0.5, 0.6) is 0 Å². The molecule has 8 heteroatoms. The van der Waals surface area contributed by atoms with Gasteiger partial charge in [0, 0.05) is 13.0 Å². The molecule has 1 aromatic rings. The van der Waals surface area contributed by atoms with Gasteiger partial charge < -0.3 is 24.5 Å². The van der Waals surface area contributed by atoms with Gasteiger partial charge in [0.15, 0.2) is 0 Å². The molecule has 0 aliphatic carbocycles. The first-order valence-electron chi connectivity index (χ1n) is 9.10. The highest BCUT2D eigenvalue weighted by Gasteiger charge is 2.51. The number of carbonyl (C=O) groups excluding carboxylic acids is 1. The number of amides is 1. The van der Waals surface area contributed by atoms with Crippen LogP contribution in [-0.2, 0) is 30.1 Å². The normalized spacial score (nSPS) is 18.9. The first-order valence-corrected chi connectivity index (χ1v) is 9.10. The van der Waals surface area contributed by atoms with E-state index in [-0.39, 0.29) is 13.0 Å². The highest BCUT2D eigenvalue weighted by Crippen LogP contribution is 2.36. The summed E-state index contributed by atoms with van der Waals surface area (Å²) in [6, 6.07) is 6.35. The third-order valence-corrected chi connectivity index (χ3v) is 5.02. The van der Waals surface area contributed by atoms with Crippen molar-refractivity contribution in [3.05, 3.63) is 29.8 Å². The number of carboxylic acid groups (broad SMARTS) is 1. The van der Waals surface area contributed by atoms with E-state index in [1.807, 2.05) is 52.0 Å². The van der Waals surface area contributed by atoms with Crippen molar-refractivity contribution < 1.29 is 28.7 Å². The Bertz CT molecular complexity index is 657. The third-order valence-electron chi connectivity index (χ3n) is 5.02. The molecule has 1 aliphatic heterocycles. The Hall–Kier alpha value is -1.90. The van der Waals surface area contributed by atoms with Crippen molar-refractivity contribution in [2.75, 3.05) is 13.2 Å². The van der Waals surface area contributed by atoms with E-state index in [4.69, 9.17) is 14.0 Å². The van der Waals surface area contributed by atoms with E-state index in [0.29, 0.717) is 6.61 Å². The monoisotopic (exact) mass is 377 g/mol. The molecule has 1 atom stereocenters. The minimum atomic E-state index is -1.09. The van der Waals surface area contributed by atoms with E-state index in [9.17, 15) is 14.7 Å². The zero-order valence-electron chi connectivity index (χ0n) is 16.6. The second kappa shape index (κ2) is 8.41. The van der Waals surface area contributed by atoms with E-state index in [2.05, 4.69) is 5.32 Å². The van der Waals surface area contributed by atoms with Gasteiger partial charge in [-0.05, 0) is 45.6 Å². The Morgan fingerprint density at radius 2 is 1.70 bits per heavy atom. The minimum Gasteiger partial charge on any atom is -0.480 e. The quantitative estimate of drug-likeness (QED) is 0.660. The van der Waals surface area contributed by atoms with E-state index < -0.39 is 36.2 Å². The van der Waals surface area contributed by atoms with Crippen LogP contribution in [0.4, 0.5) is 0 Å². The molecule has 1 fully saturated rings. The van der Waals surface area contributed by atoms with E-state index in [1.165, 1.54) is 0 Å². The smallest absolute Gasteiger partial charge is 0.480 e. The molecule has 0 unspecified atom stereocenters. The summed E-state index contributed by atoms with van der Waals surface area (Å²) >= 11 is 0. The first kappa shape index (κ1) is 21.4. The van der Waals surface area contributed by atoms with Crippen molar-refractivity contribution in [2.24, 2.45) is 0 Å². The highest BCUT2D eigenvalue weighted by molar-refractivity contribution is 6.62. The summed E-state index contributed by atoms with van der Waals surface area (Å²) in [6.07, 6.45) is 0.177. The Kier molecular flexibility index (Phi) is 6.67. The predicted molar refractivity (Wildman–Crippen MR) is 102 cm³/mol. The lowest BCUT2D eigenvalue weighted by molar-refractivity contribution is -0.142. The molecule has 0 spiro atoms. The molecule has 2 N–H and O–H groups in total. The van der Waals surface area contributed by atoms with Gasteiger partial charge in [-0.25, -0.2) is 4.79 Å². The molecular formula is C19H28BNO6. The van der Waals surface area contributed by atoms with Crippen molar-refractivity contribution in [1.29, 1.82) is 0 Å². The lowest BCUT2D eigenvalue weighted by atomic mass is 9.78. The summed E-state index contributed by atoms with van der Waals surface area (Å²) < 4.78 is 17.0. The fraction of sp³-hybridized carbons (Fsp3) is 0.579. The number of rotatable bonds is 8. The summed E-state index contributed by atoms with van der Waals surface area (Å²) in [5.41, 5.74) is 0.814. The van der Waals surface area contributed by atoms with Gasteiger partial charge in [0.05, 0.1) is 11.2 Å². The van der Waals surface area contributed by atoms with Crippen LogP contribution in [0.1, 0.15) is 40.2 Å². The van der Waals surface area contributed by atoms with Crippen molar-refractivity contribution in [3.63, 3.8) is 0 Å². The lowest BCUT2D eigenvalue weighted by Gasteiger charge is -2.32. The minimum absolute atomic E-state index is 0.152. The average Bonchev–Trinajstić information content (AvgIpc) is 2.80. The van der Waals surface area contributed by atoms with Gasteiger partial charge in [-0.2, -0.15) is 0 Å². The molecule has 1 saturated heterocycles. The maximum atomic E-state index is 11.7. The molecule has 1 aromatic carbocycles. The Morgan fingerprint density at radius 1 is 1.15 bits per heavy atom. The maximum absolute atomic E-state index is 11.7. The van der Waals surface area contributed by atoms with Crippen molar-refractivity contribution >= 4 is 24.5 Å². The third kappa shape index (κ3) is 5.31. The molecule has 2 rings (SSSR count). The Labute approximate surface area is 160 Å². The fourth-order valence-electron chi connectivity index (χ4n) is 2.66. The van der Waals surface area contributed by atoms with Gasteiger partial charge in [-0.15, -0.1) is 0 Å². The summed E-state index contributed by atoms with van der Waals surface area (Å²) in [5, 5.41) is 11.8. The molecule has 0 bridgehead atoms. The topological polar surface area (TPSA) is 94.1 Å². The van der Waals surface area contributed by atoms with Crippen molar-refractivity contribution in [3.8, 4) is 0 Å². The fourth-order valence-corrected chi connectivity index (χ4v) is 2.66. The highest BCUT2D eigenvalue weighted by atomic mass is 16.7. The molecule has 7 nitrogen and oxygen atoms in total. The van der Waals surface area contributed by atoms with Crippen LogP contribution in [0.25, 0.3) is 0 Å². The second-order valence-electron chi connectivity index (χ2n) is 7.63. The van der Waals surface area contributed by atoms with Gasteiger partial charge in [-0.3, -0.25) is 4.79 Å². The number of hydrogen-bond donors (Lipinski definition) is 2. The number of carbonyl (C=O) groups is 2. The number of nitrogens with one attached hydrogen (secondary N) is 1. The van der Waals surface area contributed by atoms with Gasteiger partial charge in [0.1, 0.15) is 12.6 Å². The van der Waals surface area contributed by atoms with Crippen LogP contribution in [0, 0.1) is 0 Å². The van der Waals surface area contributed by atoms with Crippen LogP contribution >= 0.6 is 0 Å². The Morgan fingerprint density at radius 3 is 2.19 bits per heavy atom. The number of benzene rings is 1. The number of carboxylic acids is 1.